The number of likely N-dealkylation sites (tertiary alicyclic amines) is 1. The molecule has 0 aromatic heterocycles. The lowest BCUT2D eigenvalue weighted by atomic mass is 10.3. The first-order chi connectivity index (χ1) is 12.6. The van der Waals surface area contributed by atoms with Gasteiger partial charge in [-0.1, -0.05) is 12.1 Å². The molecule has 1 aliphatic heterocycles. The van der Waals surface area contributed by atoms with Crippen molar-refractivity contribution in [3.8, 4) is 5.75 Å². The predicted molar refractivity (Wildman–Crippen MR) is 101 cm³/mol. The summed E-state index contributed by atoms with van der Waals surface area (Å²) in [5.41, 5.74) is 0. The summed E-state index contributed by atoms with van der Waals surface area (Å²) in [6, 6.07) is 6.33. The highest BCUT2D eigenvalue weighted by atomic mass is 19.1. The smallest absolute Gasteiger partial charge is 0.224 e. The zero-order valence-electron chi connectivity index (χ0n) is 15.6. The third kappa shape index (κ3) is 6.54. The van der Waals surface area contributed by atoms with Gasteiger partial charge in [-0.05, 0) is 38.8 Å². The van der Waals surface area contributed by atoms with Crippen LogP contribution in [0.15, 0.2) is 29.3 Å². The van der Waals surface area contributed by atoms with E-state index >= 15 is 0 Å². The molecular formula is C19H29FN4O2. The molecule has 2 rings (SSSR count). The third-order valence-corrected chi connectivity index (χ3v) is 4.11. The molecule has 6 nitrogen and oxygen atoms in total. The Balaban J connectivity index is 1.77. The van der Waals surface area contributed by atoms with Gasteiger partial charge in [0.25, 0.3) is 0 Å². The van der Waals surface area contributed by atoms with Crippen molar-refractivity contribution in [3.05, 3.63) is 30.1 Å². The Bertz CT molecular complexity index is 603. The molecule has 1 fully saturated rings. The fraction of sp³-hybridized carbons (Fsp3) is 0.579. The quantitative estimate of drug-likeness (QED) is 0.548. The number of carbonyl (C=O) groups excluding carboxylic acids is 1. The van der Waals surface area contributed by atoms with E-state index in [1.165, 1.54) is 6.07 Å². The summed E-state index contributed by atoms with van der Waals surface area (Å²) in [4.78, 5) is 18.4. The average Bonchev–Trinajstić information content (AvgIpc) is 3.16. The van der Waals surface area contributed by atoms with Crippen LogP contribution in [0.4, 0.5) is 4.39 Å². The van der Waals surface area contributed by atoms with E-state index in [4.69, 9.17) is 4.74 Å². The number of amides is 1. The van der Waals surface area contributed by atoms with E-state index in [0.29, 0.717) is 32.0 Å². The Morgan fingerprint density at radius 3 is 2.73 bits per heavy atom. The number of ether oxygens (including phenoxy) is 1. The summed E-state index contributed by atoms with van der Waals surface area (Å²) < 4.78 is 19.2. The van der Waals surface area contributed by atoms with Crippen molar-refractivity contribution in [1.29, 1.82) is 0 Å². The molecule has 1 aliphatic rings. The van der Waals surface area contributed by atoms with Crippen LogP contribution in [0.2, 0.25) is 0 Å². The molecule has 1 saturated heterocycles. The Labute approximate surface area is 154 Å². The number of guanidine groups is 1. The molecule has 0 aliphatic carbocycles. The van der Waals surface area contributed by atoms with E-state index in [-0.39, 0.29) is 23.6 Å². The Morgan fingerprint density at radius 2 is 2.04 bits per heavy atom. The average molecular weight is 364 g/mol. The highest BCUT2D eigenvalue weighted by Crippen LogP contribution is 2.17. The van der Waals surface area contributed by atoms with Crippen LogP contribution in [0.25, 0.3) is 0 Å². The molecule has 1 aromatic rings. The van der Waals surface area contributed by atoms with Crippen molar-refractivity contribution < 1.29 is 13.9 Å². The number of hydrogen-bond acceptors (Lipinski definition) is 3. The number of aliphatic imine (C=N–C) groups is 1. The molecule has 0 radical (unpaired) electrons. The molecule has 7 heteroatoms. The second-order valence-electron chi connectivity index (χ2n) is 6.34. The normalized spacial score (nSPS) is 15.7. The van der Waals surface area contributed by atoms with Gasteiger partial charge in [0.1, 0.15) is 6.10 Å². The molecule has 2 N–H and O–H groups in total. The summed E-state index contributed by atoms with van der Waals surface area (Å²) >= 11 is 0. The summed E-state index contributed by atoms with van der Waals surface area (Å²) in [7, 11) is 0. The van der Waals surface area contributed by atoms with Gasteiger partial charge in [-0.25, -0.2) is 9.38 Å². The predicted octanol–water partition coefficient (Wildman–Crippen LogP) is 2.16. The fourth-order valence-electron chi connectivity index (χ4n) is 2.77. The van der Waals surface area contributed by atoms with Crippen molar-refractivity contribution in [3.63, 3.8) is 0 Å². The van der Waals surface area contributed by atoms with Crippen LogP contribution < -0.4 is 15.4 Å². The molecule has 1 heterocycles. The zero-order chi connectivity index (χ0) is 18.8. The first-order valence-electron chi connectivity index (χ1n) is 9.31. The second kappa shape index (κ2) is 10.6. The third-order valence-electron chi connectivity index (χ3n) is 4.11. The number of nitrogens with zero attached hydrogens (tertiary/aromatic N) is 2. The molecule has 1 amide bonds. The SMILES string of the molecule is CCNC(=NCC(C)Oc1ccccc1F)NCCC(=O)N1CCCC1. The van der Waals surface area contributed by atoms with Gasteiger partial charge < -0.3 is 20.3 Å². The van der Waals surface area contributed by atoms with Gasteiger partial charge in [0.05, 0.1) is 6.54 Å². The first-order valence-corrected chi connectivity index (χ1v) is 9.31. The van der Waals surface area contributed by atoms with Crippen LogP contribution in [0, 0.1) is 5.82 Å². The lowest BCUT2D eigenvalue weighted by Gasteiger charge is -2.17. The molecule has 1 unspecified atom stereocenters. The fourth-order valence-corrected chi connectivity index (χ4v) is 2.77. The Kier molecular flexibility index (Phi) is 8.18. The Morgan fingerprint density at radius 1 is 1.31 bits per heavy atom. The van der Waals surface area contributed by atoms with E-state index in [2.05, 4.69) is 15.6 Å². The largest absolute Gasteiger partial charge is 0.486 e. The van der Waals surface area contributed by atoms with Crippen molar-refractivity contribution in [1.82, 2.24) is 15.5 Å². The van der Waals surface area contributed by atoms with E-state index in [9.17, 15) is 9.18 Å². The molecular weight excluding hydrogens is 335 g/mol. The maximum atomic E-state index is 13.6. The molecule has 144 valence electrons. The molecule has 1 aromatic carbocycles. The maximum absolute atomic E-state index is 13.6. The van der Waals surface area contributed by atoms with Gasteiger partial charge in [-0.2, -0.15) is 0 Å². The second-order valence-corrected chi connectivity index (χ2v) is 6.34. The van der Waals surface area contributed by atoms with E-state index < -0.39 is 0 Å². The summed E-state index contributed by atoms with van der Waals surface area (Å²) in [6.45, 7) is 7.19. The number of benzene rings is 1. The van der Waals surface area contributed by atoms with E-state index in [1.807, 2.05) is 18.7 Å². The van der Waals surface area contributed by atoms with Crippen LogP contribution in [0.1, 0.15) is 33.1 Å². The van der Waals surface area contributed by atoms with Gasteiger partial charge in [0.15, 0.2) is 17.5 Å². The van der Waals surface area contributed by atoms with Gasteiger partial charge in [0, 0.05) is 32.6 Å². The summed E-state index contributed by atoms with van der Waals surface area (Å²) in [6.07, 6.45) is 2.38. The minimum atomic E-state index is -0.381. The Hall–Kier alpha value is -2.31. The standard InChI is InChI=1S/C19H29FN4O2/c1-3-21-19(22-11-10-18(25)24-12-6-7-13-24)23-14-15(2)26-17-9-5-4-8-16(17)20/h4-5,8-9,15H,3,6-7,10-14H2,1-2H3,(H2,21,22,23). The molecule has 26 heavy (non-hydrogen) atoms. The van der Waals surface area contributed by atoms with Crippen LogP contribution in [-0.4, -0.2) is 55.6 Å². The van der Waals surface area contributed by atoms with Crippen molar-refractivity contribution in [2.45, 2.75) is 39.2 Å². The van der Waals surface area contributed by atoms with Gasteiger partial charge >= 0.3 is 0 Å². The van der Waals surface area contributed by atoms with Crippen molar-refractivity contribution in [2.24, 2.45) is 4.99 Å². The monoisotopic (exact) mass is 364 g/mol. The number of hydrogen-bond donors (Lipinski definition) is 2. The topological polar surface area (TPSA) is 66.0 Å². The van der Waals surface area contributed by atoms with Gasteiger partial charge in [0.2, 0.25) is 5.91 Å². The van der Waals surface area contributed by atoms with Crippen molar-refractivity contribution in [2.75, 3.05) is 32.7 Å². The van der Waals surface area contributed by atoms with E-state index in [1.54, 1.807) is 18.2 Å². The van der Waals surface area contributed by atoms with Crippen molar-refractivity contribution >= 4 is 11.9 Å². The molecule has 0 saturated carbocycles. The summed E-state index contributed by atoms with van der Waals surface area (Å²) in [5.74, 6) is 0.658. The number of halogens is 1. The van der Waals surface area contributed by atoms with Gasteiger partial charge in [-0.3, -0.25) is 4.79 Å². The molecule has 1 atom stereocenters. The first kappa shape index (κ1) is 20.0. The number of carbonyl (C=O) groups is 1. The van der Waals surface area contributed by atoms with Crippen LogP contribution in [0.5, 0.6) is 5.75 Å². The number of nitrogens with one attached hydrogen (secondary N) is 2. The van der Waals surface area contributed by atoms with Crippen LogP contribution >= 0.6 is 0 Å². The summed E-state index contributed by atoms with van der Waals surface area (Å²) in [5, 5.41) is 6.31. The van der Waals surface area contributed by atoms with E-state index in [0.717, 1.165) is 25.9 Å². The lowest BCUT2D eigenvalue weighted by molar-refractivity contribution is -0.129. The zero-order valence-corrected chi connectivity index (χ0v) is 15.6. The highest BCUT2D eigenvalue weighted by molar-refractivity contribution is 5.81. The molecule has 0 spiro atoms. The lowest BCUT2D eigenvalue weighted by Crippen LogP contribution is -2.40. The van der Waals surface area contributed by atoms with Crippen LogP contribution in [0.3, 0.4) is 0 Å². The molecule has 0 bridgehead atoms. The van der Waals surface area contributed by atoms with Crippen LogP contribution in [-0.2, 0) is 4.79 Å². The van der Waals surface area contributed by atoms with Gasteiger partial charge in [-0.15, -0.1) is 0 Å². The minimum Gasteiger partial charge on any atom is -0.486 e. The number of rotatable bonds is 8. The highest BCUT2D eigenvalue weighted by Gasteiger charge is 2.17. The minimum absolute atomic E-state index is 0.183. The maximum Gasteiger partial charge on any atom is 0.224 e. The number of para-hydroxylation sites is 1.